The van der Waals surface area contributed by atoms with Crippen molar-refractivity contribution in [2.24, 2.45) is 0 Å². The van der Waals surface area contributed by atoms with Gasteiger partial charge in [-0.1, -0.05) is 54.2 Å². The summed E-state index contributed by atoms with van der Waals surface area (Å²) in [5.41, 5.74) is 2.39. The van der Waals surface area contributed by atoms with Crippen LogP contribution < -0.4 is 10.2 Å². The summed E-state index contributed by atoms with van der Waals surface area (Å²) in [7, 11) is -3.55. The van der Waals surface area contributed by atoms with Crippen LogP contribution in [0.15, 0.2) is 94.6 Å². The molecular weight excluding hydrogens is 504 g/mol. The fourth-order valence-electron chi connectivity index (χ4n) is 4.18. The quantitative estimate of drug-likeness (QED) is 0.318. The van der Waals surface area contributed by atoms with E-state index in [1.807, 2.05) is 4.90 Å². The van der Waals surface area contributed by atoms with Crippen LogP contribution in [0, 0.1) is 0 Å². The van der Waals surface area contributed by atoms with Crippen molar-refractivity contribution in [2.75, 3.05) is 36.4 Å². The van der Waals surface area contributed by atoms with Gasteiger partial charge in [-0.15, -0.1) is 0 Å². The number of benzene rings is 2. The van der Waals surface area contributed by atoms with Crippen LogP contribution in [0.2, 0.25) is 0 Å². The van der Waals surface area contributed by atoms with Gasteiger partial charge in [0.25, 0.3) is 0 Å². The Morgan fingerprint density at radius 3 is 2.32 bits per heavy atom. The molecule has 3 aromatic rings. The van der Waals surface area contributed by atoms with Crippen molar-refractivity contribution in [3.05, 3.63) is 96.5 Å². The molecule has 1 fully saturated rings. The van der Waals surface area contributed by atoms with Crippen LogP contribution in [0.25, 0.3) is 11.1 Å². The van der Waals surface area contributed by atoms with Crippen molar-refractivity contribution in [3.8, 4) is 0 Å². The highest BCUT2D eigenvalue weighted by Crippen LogP contribution is 2.31. The zero-order chi connectivity index (χ0) is 27.3. The van der Waals surface area contributed by atoms with Gasteiger partial charge in [-0.2, -0.15) is 4.31 Å². The van der Waals surface area contributed by atoms with Gasteiger partial charge in [0.2, 0.25) is 15.9 Å². The molecule has 2 heterocycles. The highest BCUT2D eigenvalue weighted by molar-refractivity contribution is 7.89. The van der Waals surface area contributed by atoms with E-state index in [1.54, 1.807) is 79.7 Å². The second-order valence-corrected chi connectivity index (χ2v) is 10.7. The van der Waals surface area contributed by atoms with Crippen molar-refractivity contribution in [3.63, 3.8) is 0 Å². The predicted molar refractivity (Wildman–Crippen MR) is 148 cm³/mol. The molecule has 1 saturated heterocycles. The van der Waals surface area contributed by atoms with Gasteiger partial charge in [0, 0.05) is 56.0 Å². The molecular formula is C28H30N4O5S. The fourth-order valence-corrected chi connectivity index (χ4v) is 5.62. The number of aromatic nitrogens is 1. The number of rotatable bonds is 8. The zero-order valence-electron chi connectivity index (χ0n) is 21.3. The van der Waals surface area contributed by atoms with Gasteiger partial charge in [0.15, 0.2) is 11.6 Å². The second kappa shape index (κ2) is 11.5. The van der Waals surface area contributed by atoms with Crippen LogP contribution in [-0.4, -0.2) is 55.1 Å². The Hall–Kier alpha value is -4.15. The first-order valence-electron chi connectivity index (χ1n) is 12.1. The minimum atomic E-state index is -3.55. The highest BCUT2D eigenvalue weighted by Gasteiger charge is 2.29. The molecule has 1 aliphatic heterocycles. The average molecular weight is 535 g/mol. The molecule has 4 rings (SSSR count). The number of sulfonamides is 1. The minimum Gasteiger partial charge on any atom is -0.507 e. The first-order valence-corrected chi connectivity index (χ1v) is 13.5. The van der Waals surface area contributed by atoms with Crippen LogP contribution in [-0.2, 0) is 14.8 Å². The largest absolute Gasteiger partial charge is 0.507 e. The van der Waals surface area contributed by atoms with Gasteiger partial charge in [-0.3, -0.25) is 4.79 Å². The molecule has 38 heavy (non-hydrogen) atoms. The van der Waals surface area contributed by atoms with Crippen LogP contribution in [0.1, 0.15) is 25.2 Å². The number of aliphatic hydroxyl groups excluding tert-OH is 1. The molecule has 1 aromatic heterocycles. The van der Waals surface area contributed by atoms with Gasteiger partial charge in [0.05, 0.1) is 4.90 Å². The number of hydrogen-bond donors (Lipinski definition) is 2. The summed E-state index contributed by atoms with van der Waals surface area (Å²) in [6.45, 7) is 8.46. The molecule has 0 radical (unpaired) electrons. The lowest BCUT2D eigenvalue weighted by atomic mass is 9.99. The molecule has 2 aromatic carbocycles. The number of nitrogens with zero attached hydrogens (tertiary/aromatic N) is 3. The number of carbonyl (C=O) groups is 1. The lowest BCUT2D eigenvalue weighted by Gasteiger charge is -2.33. The third kappa shape index (κ3) is 5.87. The van der Waals surface area contributed by atoms with E-state index >= 15 is 0 Å². The fraction of sp³-hybridized carbons (Fsp3) is 0.214. The number of hydrogen-bond acceptors (Lipinski definition) is 7. The van der Waals surface area contributed by atoms with E-state index in [0.29, 0.717) is 54.6 Å². The number of carbonyl (C=O) groups excluding carboxylic acids is 1. The minimum absolute atomic E-state index is 0.00125. The number of anilines is 2. The first kappa shape index (κ1) is 26.9. The Balaban J connectivity index is 1.49. The maximum absolute atomic E-state index is 12.9. The van der Waals surface area contributed by atoms with E-state index in [9.17, 15) is 18.3 Å². The summed E-state index contributed by atoms with van der Waals surface area (Å²) in [6.07, 6.45) is 3.27. The van der Waals surface area contributed by atoms with Gasteiger partial charge in [-0.05, 0) is 36.8 Å². The van der Waals surface area contributed by atoms with Gasteiger partial charge in [0.1, 0.15) is 5.76 Å². The van der Waals surface area contributed by atoms with E-state index in [0.717, 1.165) is 5.56 Å². The molecule has 0 bridgehead atoms. The third-order valence-electron chi connectivity index (χ3n) is 6.22. The second-order valence-electron chi connectivity index (χ2n) is 8.80. The standard InChI is InChI=1S/C28H30N4O5S/c1-4-8-25(22-11-13-23(14-12-22)29-21(3)33)28(34)20(2)26-19-27(30-37-26)31-15-17-32(18-16-31)38(35,36)24-9-6-5-7-10-24/h4-14,19,34H,1,15-18H2,2-3H3,(H,29,33)/b25-8-,28-20-. The van der Waals surface area contributed by atoms with E-state index in [-0.39, 0.29) is 16.6 Å². The number of piperazine rings is 1. The summed E-state index contributed by atoms with van der Waals surface area (Å²) in [5, 5.41) is 18.0. The maximum atomic E-state index is 12.9. The van der Waals surface area contributed by atoms with Crippen molar-refractivity contribution in [1.29, 1.82) is 0 Å². The number of aliphatic hydroxyl groups is 1. The average Bonchev–Trinajstić information content (AvgIpc) is 3.42. The smallest absolute Gasteiger partial charge is 0.243 e. The molecule has 2 N–H and O–H groups in total. The molecule has 1 aliphatic rings. The summed E-state index contributed by atoms with van der Waals surface area (Å²) in [5.74, 6) is 0.789. The number of nitrogens with one attached hydrogen (secondary N) is 1. The summed E-state index contributed by atoms with van der Waals surface area (Å²) in [4.78, 5) is 13.5. The van der Waals surface area contributed by atoms with Gasteiger partial charge < -0.3 is 19.8 Å². The molecule has 9 nitrogen and oxygen atoms in total. The Kier molecular flexibility index (Phi) is 8.13. The Morgan fingerprint density at radius 2 is 1.71 bits per heavy atom. The van der Waals surface area contributed by atoms with E-state index in [1.165, 1.54) is 11.2 Å². The monoisotopic (exact) mass is 534 g/mol. The summed E-state index contributed by atoms with van der Waals surface area (Å²) < 4.78 is 32.8. The van der Waals surface area contributed by atoms with Gasteiger partial charge >= 0.3 is 0 Å². The number of amides is 1. The van der Waals surface area contributed by atoms with Crippen molar-refractivity contribution < 1.29 is 22.8 Å². The molecule has 0 aliphatic carbocycles. The summed E-state index contributed by atoms with van der Waals surface area (Å²) >= 11 is 0. The van der Waals surface area contributed by atoms with E-state index in [2.05, 4.69) is 17.1 Å². The van der Waals surface area contributed by atoms with Crippen molar-refractivity contribution in [2.45, 2.75) is 18.7 Å². The Labute approximate surface area is 222 Å². The first-order chi connectivity index (χ1) is 18.2. The predicted octanol–water partition coefficient (Wildman–Crippen LogP) is 4.70. The lowest BCUT2D eigenvalue weighted by molar-refractivity contribution is -0.114. The Bertz CT molecular complexity index is 1470. The summed E-state index contributed by atoms with van der Waals surface area (Å²) in [6, 6.07) is 17.2. The topological polar surface area (TPSA) is 116 Å². The zero-order valence-corrected chi connectivity index (χ0v) is 22.1. The molecule has 0 spiro atoms. The molecule has 0 atom stereocenters. The highest BCUT2D eigenvalue weighted by atomic mass is 32.2. The maximum Gasteiger partial charge on any atom is 0.243 e. The van der Waals surface area contributed by atoms with Crippen LogP contribution >= 0.6 is 0 Å². The van der Waals surface area contributed by atoms with Crippen LogP contribution in [0.5, 0.6) is 0 Å². The molecule has 0 unspecified atom stereocenters. The molecule has 1 amide bonds. The molecule has 10 heteroatoms. The van der Waals surface area contributed by atoms with Gasteiger partial charge in [-0.25, -0.2) is 8.42 Å². The SMILES string of the molecule is C=C/C=C(\C(O)=C(/C)c1cc(N2CCN(S(=O)(=O)c3ccccc3)CC2)no1)c1ccc(NC(C)=O)cc1. The van der Waals surface area contributed by atoms with Crippen LogP contribution in [0.3, 0.4) is 0 Å². The molecule has 0 saturated carbocycles. The number of allylic oxidation sites excluding steroid dienone is 4. The van der Waals surface area contributed by atoms with E-state index in [4.69, 9.17) is 4.52 Å². The molecule has 198 valence electrons. The normalized spacial score (nSPS) is 15.6. The lowest BCUT2D eigenvalue weighted by Crippen LogP contribution is -2.48. The van der Waals surface area contributed by atoms with E-state index < -0.39 is 10.0 Å². The van der Waals surface area contributed by atoms with Crippen molar-refractivity contribution in [1.82, 2.24) is 9.46 Å². The van der Waals surface area contributed by atoms with Crippen molar-refractivity contribution >= 4 is 38.6 Å². The third-order valence-corrected chi connectivity index (χ3v) is 8.13. The Morgan fingerprint density at radius 1 is 1.05 bits per heavy atom. The van der Waals surface area contributed by atoms with Crippen LogP contribution in [0.4, 0.5) is 11.5 Å².